The van der Waals surface area contributed by atoms with Gasteiger partial charge in [-0.1, -0.05) is 12.1 Å². The Balaban J connectivity index is 2.21. The minimum atomic E-state index is -0.0942. The Morgan fingerprint density at radius 2 is 2.11 bits per heavy atom. The number of benzene rings is 1. The fraction of sp³-hybridized carbons (Fsp3) is 0.0714. The molecule has 0 aliphatic heterocycles. The van der Waals surface area contributed by atoms with Crippen molar-refractivity contribution < 1.29 is 4.74 Å². The predicted octanol–water partition coefficient (Wildman–Crippen LogP) is 2.91. The van der Waals surface area contributed by atoms with Gasteiger partial charge in [0.05, 0.1) is 12.8 Å². The first-order valence-electron chi connectivity index (χ1n) is 5.72. The van der Waals surface area contributed by atoms with E-state index in [9.17, 15) is 4.79 Å². The minimum Gasteiger partial charge on any atom is -0.497 e. The quantitative estimate of drug-likeness (QED) is 0.709. The Kier molecular flexibility index (Phi) is 3.06. The molecule has 0 radical (unpaired) electrons. The van der Waals surface area contributed by atoms with Gasteiger partial charge in [-0.25, -0.2) is 0 Å². The van der Waals surface area contributed by atoms with Gasteiger partial charge in [0.2, 0.25) is 0 Å². The monoisotopic (exact) mass is 366 g/mol. The Morgan fingerprint density at radius 3 is 2.89 bits per heavy atom. The van der Waals surface area contributed by atoms with E-state index in [4.69, 9.17) is 4.74 Å². The molecule has 0 amide bonds. The average Bonchev–Trinajstić information content (AvgIpc) is 2.80. The standard InChI is InChI=1S/C14H11IN2O2/c1-19-11-4-2-3-9(5-11)12-8-17-7-10(15)6-13(17)14(18)16-12/h2-8H,1H3,(H,16,18). The molecule has 1 N–H and O–H groups in total. The molecule has 0 saturated heterocycles. The zero-order valence-electron chi connectivity index (χ0n) is 10.2. The maximum atomic E-state index is 12.0. The summed E-state index contributed by atoms with van der Waals surface area (Å²) in [7, 11) is 1.62. The summed E-state index contributed by atoms with van der Waals surface area (Å²) in [5, 5.41) is 0. The summed E-state index contributed by atoms with van der Waals surface area (Å²) in [6.07, 6.45) is 3.84. The van der Waals surface area contributed by atoms with Gasteiger partial charge >= 0.3 is 0 Å². The first-order valence-corrected chi connectivity index (χ1v) is 6.80. The van der Waals surface area contributed by atoms with Crippen LogP contribution >= 0.6 is 22.6 Å². The van der Waals surface area contributed by atoms with Crippen LogP contribution in [0.5, 0.6) is 5.75 Å². The van der Waals surface area contributed by atoms with E-state index in [1.807, 2.05) is 47.1 Å². The highest BCUT2D eigenvalue weighted by Gasteiger charge is 2.06. The topological polar surface area (TPSA) is 46.5 Å². The zero-order chi connectivity index (χ0) is 13.4. The number of hydrogen-bond donors (Lipinski definition) is 1. The number of aromatic nitrogens is 2. The molecule has 0 fully saturated rings. The van der Waals surface area contributed by atoms with Gasteiger partial charge in [-0.3, -0.25) is 4.79 Å². The third-order valence-electron chi connectivity index (χ3n) is 2.94. The Morgan fingerprint density at radius 1 is 1.26 bits per heavy atom. The maximum Gasteiger partial charge on any atom is 0.272 e. The molecule has 19 heavy (non-hydrogen) atoms. The second kappa shape index (κ2) is 4.73. The second-order valence-electron chi connectivity index (χ2n) is 4.18. The maximum absolute atomic E-state index is 12.0. The van der Waals surface area contributed by atoms with E-state index in [-0.39, 0.29) is 5.56 Å². The molecule has 0 saturated carbocycles. The summed E-state index contributed by atoms with van der Waals surface area (Å²) in [5.74, 6) is 0.764. The number of H-pyrrole nitrogens is 1. The Labute approximate surface area is 123 Å². The number of ether oxygens (including phenoxy) is 1. The first kappa shape index (κ1) is 12.3. The van der Waals surface area contributed by atoms with Crippen LogP contribution in [0, 0.1) is 3.57 Å². The molecule has 5 heteroatoms. The van der Waals surface area contributed by atoms with Crippen molar-refractivity contribution in [2.75, 3.05) is 7.11 Å². The van der Waals surface area contributed by atoms with Crippen molar-refractivity contribution >= 4 is 28.1 Å². The number of nitrogens with one attached hydrogen (secondary N) is 1. The van der Waals surface area contributed by atoms with Crippen LogP contribution in [0.25, 0.3) is 16.8 Å². The highest BCUT2D eigenvalue weighted by Crippen LogP contribution is 2.22. The number of methoxy groups -OCH3 is 1. The van der Waals surface area contributed by atoms with Gasteiger partial charge in [0.25, 0.3) is 5.56 Å². The summed E-state index contributed by atoms with van der Waals surface area (Å²) in [4.78, 5) is 14.9. The summed E-state index contributed by atoms with van der Waals surface area (Å²) in [6, 6.07) is 9.46. The molecule has 96 valence electrons. The average molecular weight is 366 g/mol. The van der Waals surface area contributed by atoms with Crippen LogP contribution in [-0.4, -0.2) is 16.5 Å². The highest BCUT2D eigenvalue weighted by molar-refractivity contribution is 14.1. The zero-order valence-corrected chi connectivity index (χ0v) is 12.3. The fourth-order valence-electron chi connectivity index (χ4n) is 2.03. The summed E-state index contributed by atoms with van der Waals surface area (Å²) in [5.41, 5.74) is 2.24. The van der Waals surface area contributed by atoms with Crippen LogP contribution in [0.2, 0.25) is 0 Å². The van der Waals surface area contributed by atoms with Crippen LogP contribution in [0.3, 0.4) is 0 Å². The van der Waals surface area contributed by atoms with Crippen molar-refractivity contribution in [3.63, 3.8) is 0 Å². The normalized spacial score (nSPS) is 10.8. The van der Waals surface area contributed by atoms with Crippen LogP contribution in [-0.2, 0) is 0 Å². The Hall–Kier alpha value is -1.76. The molecule has 3 aromatic rings. The van der Waals surface area contributed by atoms with Gasteiger partial charge in [0, 0.05) is 21.5 Å². The van der Waals surface area contributed by atoms with E-state index in [2.05, 4.69) is 27.6 Å². The molecule has 2 aromatic heterocycles. The van der Waals surface area contributed by atoms with E-state index in [0.29, 0.717) is 5.52 Å². The lowest BCUT2D eigenvalue weighted by Gasteiger charge is -2.05. The Bertz CT molecular complexity index is 805. The molecule has 0 unspecified atom stereocenters. The van der Waals surface area contributed by atoms with Gasteiger partial charge in [0.1, 0.15) is 11.3 Å². The molecular formula is C14H11IN2O2. The van der Waals surface area contributed by atoms with Crippen LogP contribution in [0.4, 0.5) is 0 Å². The number of fused-ring (bicyclic) bond motifs is 1. The molecule has 3 rings (SSSR count). The lowest BCUT2D eigenvalue weighted by molar-refractivity contribution is 0.415. The number of nitrogens with zero attached hydrogens (tertiary/aromatic N) is 1. The third kappa shape index (κ3) is 2.25. The summed E-state index contributed by atoms with van der Waals surface area (Å²) in [6.45, 7) is 0. The van der Waals surface area contributed by atoms with Crippen molar-refractivity contribution in [2.45, 2.75) is 0 Å². The van der Waals surface area contributed by atoms with E-state index in [0.717, 1.165) is 20.6 Å². The first-order chi connectivity index (χ1) is 9.17. The van der Waals surface area contributed by atoms with E-state index < -0.39 is 0 Å². The van der Waals surface area contributed by atoms with E-state index in [1.165, 1.54) is 0 Å². The van der Waals surface area contributed by atoms with E-state index in [1.54, 1.807) is 7.11 Å². The molecule has 0 atom stereocenters. The summed E-state index contributed by atoms with van der Waals surface area (Å²) < 4.78 is 8.07. The van der Waals surface area contributed by atoms with Crippen molar-refractivity contribution in [2.24, 2.45) is 0 Å². The summed E-state index contributed by atoms with van der Waals surface area (Å²) >= 11 is 2.19. The lowest BCUT2D eigenvalue weighted by atomic mass is 10.1. The molecule has 4 nitrogen and oxygen atoms in total. The number of rotatable bonds is 2. The third-order valence-corrected chi connectivity index (χ3v) is 3.53. The molecule has 0 aliphatic rings. The number of aromatic amines is 1. The smallest absolute Gasteiger partial charge is 0.272 e. The van der Waals surface area contributed by atoms with Crippen molar-refractivity contribution in [3.05, 3.63) is 56.6 Å². The van der Waals surface area contributed by atoms with Gasteiger partial charge in [-0.2, -0.15) is 0 Å². The largest absolute Gasteiger partial charge is 0.497 e. The van der Waals surface area contributed by atoms with Gasteiger partial charge in [-0.15, -0.1) is 0 Å². The number of halogens is 1. The fourth-order valence-corrected chi connectivity index (χ4v) is 2.62. The molecule has 1 aromatic carbocycles. The van der Waals surface area contributed by atoms with Crippen LogP contribution in [0.1, 0.15) is 0 Å². The molecule has 0 aliphatic carbocycles. The highest BCUT2D eigenvalue weighted by atomic mass is 127. The van der Waals surface area contributed by atoms with Crippen LogP contribution < -0.4 is 10.3 Å². The van der Waals surface area contributed by atoms with Crippen LogP contribution in [0.15, 0.2) is 47.5 Å². The molecule has 0 bridgehead atoms. The van der Waals surface area contributed by atoms with Crippen molar-refractivity contribution in [1.82, 2.24) is 9.38 Å². The molecule has 0 spiro atoms. The van der Waals surface area contributed by atoms with Gasteiger partial charge in [-0.05, 0) is 40.8 Å². The minimum absolute atomic E-state index is 0.0942. The van der Waals surface area contributed by atoms with Gasteiger partial charge in [0.15, 0.2) is 0 Å². The second-order valence-corrected chi connectivity index (χ2v) is 5.43. The molecular weight excluding hydrogens is 355 g/mol. The van der Waals surface area contributed by atoms with E-state index >= 15 is 0 Å². The molecule has 2 heterocycles. The van der Waals surface area contributed by atoms with Gasteiger partial charge < -0.3 is 14.1 Å². The number of hydrogen-bond acceptors (Lipinski definition) is 2. The SMILES string of the molecule is COc1cccc(-c2cn3cc(I)cc3c(=O)[nH]2)c1. The lowest BCUT2D eigenvalue weighted by Crippen LogP contribution is -2.09. The predicted molar refractivity (Wildman–Crippen MR) is 82.7 cm³/mol. The van der Waals surface area contributed by atoms with Crippen molar-refractivity contribution in [1.29, 1.82) is 0 Å². The van der Waals surface area contributed by atoms with Crippen molar-refractivity contribution in [3.8, 4) is 17.0 Å².